The van der Waals surface area contributed by atoms with Gasteiger partial charge in [-0.15, -0.1) is 0 Å². The number of rotatable bonds is 12. The van der Waals surface area contributed by atoms with Crippen molar-refractivity contribution in [3.8, 4) is 11.5 Å². The molecule has 37 heavy (non-hydrogen) atoms. The van der Waals surface area contributed by atoms with Gasteiger partial charge in [-0.2, -0.15) is 0 Å². The molecule has 0 spiro atoms. The molecule has 0 fully saturated rings. The van der Waals surface area contributed by atoms with Crippen LogP contribution in [0.1, 0.15) is 12.1 Å². The van der Waals surface area contributed by atoms with Crippen LogP contribution < -0.4 is 20.1 Å². The molecule has 0 aliphatic rings. The minimum absolute atomic E-state index is 0.0241. The molecule has 0 saturated carbocycles. The second-order valence-electron chi connectivity index (χ2n) is 7.92. The molecule has 1 amide bonds. The Morgan fingerprint density at radius 3 is 2.70 bits per heavy atom. The number of aliphatic hydroxyl groups is 2. The van der Waals surface area contributed by atoms with Gasteiger partial charge in [-0.3, -0.25) is 9.78 Å². The van der Waals surface area contributed by atoms with Crippen molar-refractivity contribution in [1.82, 2.24) is 20.3 Å². The quantitative estimate of drug-likeness (QED) is 0.206. The van der Waals surface area contributed by atoms with Crippen LogP contribution in [0, 0.1) is 0 Å². The maximum Gasteiger partial charge on any atom is 0.249 e. The number of anilines is 2. The molecule has 0 bridgehead atoms. The lowest BCUT2D eigenvalue weighted by Gasteiger charge is -2.15. The maximum absolute atomic E-state index is 11.8. The fourth-order valence-corrected chi connectivity index (χ4v) is 3.70. The molecule has 1 atom stereocenters. The lowest BCUT2D eigenvalue weighted by atomic mass is 10.2. The van der Waals surface area contributed by atoms with Gasteiger partial charge in [0.15, 0.2) is 0 Å². The van der Waals surface area contributed by atoms with Gasteiger partial charge in [0.1, 0.15) is 43.0 Å². The summed E-state index contributed by atoms with van der Waals surface area (Å²) in [6.45, 7) is 0.345. The van der Waals surface area contributed by atoms with Crippen LogP contribution >= 0.6 is 11.6 Å². The number of ether oxygens (including phenoxy) is 2. The minimum atomic E-state index is -1.26. The van der Waals surface area contributed by atoms with Crippen molar-refractivity contribution in [2.45, 2.75) is 19.1 Å². The van der Waals surface area contributed by atoms with E-state index in [2.05, 4.69) is 25.6 Å². The number of benzene rings is 2. The third-order valence-electron chi connectivity index (χ3n) is 5.29. The fraction of sp³-hybridized carbons (Fsp3) is 0.231. The van der Waals surface area contributed by atoms with E-state index in [0.717, 1.165) is 5.69 Å². The Labute approximate surface area is 218 Å². The first-order valence-corrected chi connectivity index (χ1v) is 12.0. The van der Waals surface area contributed by atoms with E-state index in [0.29, 0.717) is 45.5 Å². The summed E-state index contributed by atoms with van der Waals surface area (Å²) < 4.78 is 11.7. The number of amides is 1. The summed E-state index contributed by atoms with van der Waals surface area (Å²) in [5.41, 5.74) is 2.15. The predicted octanol–water partition coefficient (Wildman–Crippen LogP) is 3.24. The summed E-state index contributed by atoms with van der Waals surface area (Å²) in [6, 6.07) is 16.4. The number of carbonyl (C=O) groups excluding carboxylic acids is 1. The van der Waals surface area contributed by atoms with Crippen LogP contribution in [0.3, 0.4) is 0 Å². The van der Waals surface area contributed by atoms with Crippen LogP contribution in [0.4, 0.5) is 11.5 Å². The average Bonchev–Trinajstić information content (AvgIpc) is 2.91. The van der Waals surface area contributed by atoms with E-state index in [-0.39, 0.29) is 26.2 Å². The number of fused-ring (bicyclic) bond motifs is 1. The Bertz CT molecular complexity index is 1340. The van der Waals surface area contributed by atoms with E-state index >= 15 is 0 Å². The number of nitrogens with zero attached hydrogens (tertiary/aromatic N) is 3. The Morgan fingerprint density at radius 2 is 1.92 bits per heavy atom. The summed E-state index contributed by atoms with van der Waals surface area (Å²) in [5, 5.41) is 25.4. The van der Waals surface area contributed by atoms with Gasteiger partial charge in [-0.05, 0) is 42.5 Å². The second kappa shape index (κ2) is 12.8. The van der Waals surface area contributed by atoms with Crippen LogP contribution in [-0.4, -0.2) is 56.9 Å². The molecule has 2 aromatic carbocycles. The third-order valence-corrected chi connectivity index (χ3v) is 5.58. The van der Waals surface area contributed by atoms with Crippen molar-refractivity contribution < 1.29 is 24.5 Å². The number of pyridine rings is 1. The predicted molar refractivity (Wildman–Crippen MR) is 139 cm³/mol. The summed E-state index contributed by atoms with van der Waals surface area (Å²) in [7, 11) is 0. The van der Waals surface area contributed by atoms with Crippen molar-refractivity contribution in [3.05, 3.63) is 77.8 Å². The molecule has 2 heterocycles. The Morgan fingerprint density at radius 1 is 1.03 bits per heavy atom. The van der Waals surface area contributed by atoms with E-state index < -0.39 is 12.0 Å². The van der Waals surface area contributed by atoms with Gasteiger partial charge < -0.3 is 30.3 Å². The van der Waals surface area contributed by atoms with Crippen molar-refractivity contribution in [2.75, 3.05) is 25.1 Å². The molecule has 4 aromatic rings. The molecule has 0 aliphatic heterocycles. The summed E-state index contributed by atoms with van der Waals surface area (Å²) in [4.78, 5) is 24.7. The van der Waals surface area contributed by atoms with Gasteiger partial charge in [0.25, 0.3) is 0 Å². The summed E-state index contributed by atoms with van der Waals surface area (Å²) in [5.74, 6) is 1.000. The van der Waals surface area contributed by atoms with Gasteiger partial charge >= 0.3 is 0 Å². The average molecular weight is 524 g/mol. The monoisotopic (exact) mass is 523 g/mol. The number of aliphatic hydroxyl groups excluding tert-OH is 2. The van der Waals surface area contributed by atoms with Gasteiger partial charge in [-0.1, -0.05) is 23.7 Å². The van der Waals surface area contributed by atoms with Crippen LogP contribution in [0.15, 0.2) is 67.1 Å². The molecule has 0 radical (unpaired) electrons. The smallest absolute Gasteiger partial charge is 0.249 e. The fourth-order valence-electron chi connectivity index (χ4n) is 3.47. The van der Waals surface area contributed by atoms with Crippen molar-refractivity contribution >= 4 is 39.9 Å². The first kappa shape index (κ1) is 26.1. The van der Waals surface area contributed by atoms with Crippen LogP contribution in [-0.2, 0) is 11.4 Å². The van der Waals surface area contributed by atoms with Crippen molar-refractivity contribution in [1.29, 1.82) is 0 Å². The van der Waals surface area contributed by atoms with Crippen molar-refractivity contribution in [3.63, 3.8) is 0 Å². The molecule has 4 N–H and O–H groups in total. The highest BCUT2D eigenvalue weighted by molar-refractivity contribution is 6.32. The highest BCUT2D eigenvalue weighted by atomic mass is 35.5. The summed E-state index contributed by atoms with van der Waals surface area (Å²) >= 11 is 6.45. The highest BCUT2D eigenvalue weighted by Gasteiger charge is 2.14. The number of hydrogen-bond acceptors (Lipinski definition) is 9. The van der Waals surface area contributed by atoms with Gasteiger partial charge in [0.2, 0.25) is 5.91 Å². The highest BCUT2D eigenvalue weighted by Crippen LogP contribution is 2.34. The molecular weight excluding hydrogens is 498 g/mol. The molecule has 192 valence electrons. The lowest BCUT2D eigenvalue weighted by Crippen LogP contribution is -2.37. The van der Waals surface area contributed by atoms with E-state index in [1.165, 1.54) is 6.33 Å². The van der Waals surface area contributed by atoms with E-state index in [1.54, 1.807) is 24.4 Å². The molecule has 1 unspecified atom stereocenters. The summed E-state index contributed by atoms with van der Waals surface area (Å²) in [6.07, 6.45) is 1.87. The van der Waals surface area contributed by atoms with E-state index in [1.807, 2.05) is 36.4 Å². The molecular formula is C26H26ClN5O5. The van der Waals surface area contributed by atoms with Gasteiger partial charge in [-0.25, -0.2) is 9.97 Å². The Kier molecular flexibility index (Phi) is 9.03. The Hall–Kier alpha value is -3.99. The van der Waals surface area contributed by atoms with E-state index in [9.17, 15) is 9.90 Å². The van der Waals surface area contributed by atoms with Crippen LogP contribution in [0.25, 0.3) is 10.9 Å². The molecule has 4 rings (SSSR count). The number of halogens is 1. The van der Waals surface area contributed by atoms with Gasteiger partial charge in [0, 0.05) is 24.9 Å². The number of carbonyl (C=O) groups is 1. The number of hydrogen-bond donors (Lipinski definition) is 4. The first-order chi connectivity index (χ1) is 18.0. The second-order valence-corrected chi connectivity index (χ2v) is 8.33. The third kappa shape index (κ3) is 7.04. The SMILES string of the molecule is O=C(NCCOc1cccc2ncnc(Nc3ccc(OCc4ccccn4)c(Cl)c3)c12)C(O)CCO. The molecule has 10 nitrogen and oxygen atoms in total. The van der Waals surface area contributed by atoms with Crippen LogP contribution in [0.5, 0.6) is 11.5 Å². The zero-order chi connectivity index (χ0) is 26.0. The normalized spacial score (nSPS) is 11.6. The van der Waals surface area contributed by atoms with Crippen LogP contribution in [0.2, 0.25) is 5.02 Å². The Balaban J connectivity index is 1.44. The number of nitrogens with one attached hydrogen (secondary N) is 2. The van der Waals surface area contributed by atoms with E-state index in [4.69, 9.17) is 26.2 Å². The zero-order valence-corrected chi connectivity index (χ0v) is 20.6. The maximum atomic E-state index is 11.8. The molecule has 0 saturated heterocycles. The standard InChI is InChI=1S/C26H26ClN5O5/c27-19-14-17(7-8-22(19)37-15-18-4-1-2-10-28-18)32-25-24-20(30-16-31-25)5-3-6-23(24)36-13-11-29-26(35)21(34)9-12-33/h1-8,10,14,16,21,33-34H,9,11-13,15H2,(H,29,35)(H,30,31,32). The minimum Gasteiger partial charge on any atom is -0.491 e. The largest absolute Gasteiger partial charge is 0.491 e. The topological polar surface area (TPSA) is 139 Å². The number of aromatic nitrogens is 3. The molecule has 11 heteroatoms. The zero-order valence-electron chi connectivity index (χ0n) is 19.8. The van der Waals surface area contributed by atoms with Crippen molar-refractivity contribution in [2.24, 2.45) is 0 Å². The first-order valence-electron chi connectivity index (χ1n) is 11.6. The molecule has 2 aromatic heterocycles. The molecule has 0 aliphatic carbocycles. The lowest BCUT2D eigenvalue weighted by molar-refractivity contribution is -0.130. The van der Waals surface area contributed by atoms with Gasteiger partial charge in [0.05, 0.1) is 28.2 Å².